The Morgan fingerprint density at radius 2 is 2.03 bits per heavy atom. The third-order valence-electron chi connectivity index (χ3n) is 3.94. The highest BCUT2D eigenvalue weighted by molar-refractivity contribution is 6.19. The molecule has 30 heavy (non-hydrogen) atoms. The van der Waals surface area contributed by atoms with Gasteiger partial charge in [0, 0.05) is 18.8 Å². The van der Waals surface area contributed by atoms with E-state index in [0.29, 0.717) is 18.2 Å². The number of carbonyl (C=O) groups excluding carboxylic acids is 1. The van der Waals surface area contributed by atoms with Crippen molar-refractivity contribution in [1.29, 1.82) is 0 Å². The van der Waals surface area contributed by atoms with Gasteiger partial charge in [0.1, 0.15) is 11.5 Å². The van der Waals surface area contributed by atoms with Crippen LogP contribution in [0.4, 0.5) is 11.5 Å². The number of pyridine rings is 2. The van der Waals surface area contributed by atoms with Crippen molar-refractivity contribution in [2.24, 2.45) is 0 Å². The van der Waals surface area contributed by atoms with Gasteiger partial charge in [-0.25, -0.2) is 15.0 Å². The maximum Gasteiger partial charge on any atom is 0.233 e. The summed E-state index contributed by atoms with van der Waals surface area (Å²) in [5.74, 6) is 6.19. The number of hydrogen-bond acceptors (Lipinski definition) is 8. The molecule has 0 spiro atoms. The van der Waals surface area contributed by atoms with E-state index >= 15 is 0 Å². The van der Waals surface area contributed by atoms with E-state index in [0.717, 1.165) is 16.9 Å². The van der Waals surface area contributed by atoms with E-state index in [1.54, 1.807) is 24.5 Å². The minimum atomic E-state index is -0.155. The highest BCUT2D eigenvalue weighted by atomic mass is 35.5. The first-order valence-electron chi connectivity index (χ1n) is 9.03. The smallest absolute Gasteiger partial charge is 0.233 e. The number of ketones is 1. The lowest BCUT2D eigenvalue weighted by atomic mass is 10.1. The van der Waals surface area contributed by atoms with Crippen LogP contribution in [0.2, 0.25) is 0 Å². The summed E-state index contributed by atoms with van der Waals surface area (Å²) in [6.07, 6.45) is 6.26. The minimum Gasteiger partial charge on any atom is -0.463 e. The Kier molecular flexibility index (Phi) is 7.52. The second-order valence-corrected chi connectivity index (χ2v) is 6.33. The molecule has 0 amide bonds. The van der Waals surface area contributed by atoms with Gasteiger partial charge in [0.2, 0.25) is 5.88 Å². The van der Waals surface area contributed by atoms with E-state index in [4.69, 9.17) is 22.1 Å². The number of anilines is 2. The number of alkyl halides is 1. The molecule has 3 rings (SSSR count). The molecule has 0 aliphatic rings. The fourth-order valence-electron chi connectivity index (χ4n) is 2.51. The molecule has 3 heterocycles. The van der Waals surface area contributed by atoms with E-state index in [2.05, 4.69) is 37.1 Å². The summed E-state index contributed by atoms with van der Waals surface area (Å²) in [6, 6.07) is 7.29. The van der Waals surface area contributed by atoms with Crippen LogP contribution in [0.1, 0.15) is 21.7 Å². The molecule has 0 saturated heterocycles. The van der Waals surface area contributed by atoms with Crippen LogP contribution in [0.5, 0.6) is 5.88 Å². The Morgan fingerprint density at radius 1 is 1.13 bits per heavy atom. The van der Waals surface area contributed by atoms with Crippen LogP contribution >= 0.6 is 11.6 Å². The van der Waals surface area contributed by atoms with Crippen molar-refractivity contribution in [3.8, 4) is 17.7 Å². The molecule has 8 nitrogen and oxygen atoms in total. The number of rotatable bonds is 8. The van der Waals surface area contributed by atoms with Crippen LogP contribution in [-0.2, 0) is 13.0 Å². The van der Waals surface area contributed by atoms with Crippen molar-refractivity contribution in [2.75, 3.05) is 23.5 Å². The number of nitrogens with zero attached hydrogens (tertiary/aromatic N) is 4. The number of nitrogens with one attached hydrogen (secondary N) is 1. The predicted octanol–water partition coefficient (Wildman–Crippen LogP) is 2.51. The van der Waals surface area contributed by atoms with E-state index < -0.39 is 0 Å². The molecule has 152 valence electrons. The first-order valence-corrected chi connectivity index (χ1v) is 9.57. The maximum atomic E-state index is 12.5. The summed E-state index contributed by atoms with van der Waals surface area (Å²) in [4.78, 5) is 29.1. The highest BCUT2D eigenvalue weighted by Crippen LogP contribution is 2.15. The summed E-state index contributed by atoms with van der Waals surface area (Å²) < 4.78 is 5.30. The molecule has 0 unspecified atom stereocenters. The average Bonchev–Trinajstić information content (AvgIpc) is 2.77. The molecule has 0 bridgehead atoms. The predicted molar refractivity (Wildman–Crippen MR) is 114 cm³/mol. The van der Waals surface area contributed by atoms with Crippen LogP contribution in [0.25, 0.3) is 0 Å². The lowest BCUT2D eigenvalue weighted by Crippen LogP contribution is -2.09. The summed E-state index contributed by atoms with van der Waals surface area (Å²) in [5, 5.41) is 3.18. The molecule has 3 aromatic rings. The minimum absolute atomic E-state index is 0.155. The van der Waals surface area contributed by atoms with Crippen molar-refractivity contribution in [3.63, 3.8) is 0 Å². The summed E-state index contributed by atoms with van der Waals surface area (Å²) in [5.41, 5.74) is 8.41. The monoisotopic (exact) mass is 422 g/mol. The number of nitrogens with two attached hydrogens (primary N) is 1. The maximum absolute atomic E-state index is 12.5. The number of nitrogen functional groups attached to an aromatic ring is 1. The number of hydrogen-bond donors (Lipinski definition) is 2. The van der Waals surface area contributed by atoms with Gasteiger partial charge in [-0.2, -0.15) is 0 Å². The van der Waals surface area contributed by atoms with Gasteiger partial charge in [-0.1, -0.05) is 11.8 Å². The van der Waals surface area contributed by atoms with Gasteiger partial charge >= 0.3 is 0 Å². The zero-order valence-corrected chi connectivity index (χ0v) is 16.8. The lowest BCUT2D eigenvalue weighted by Gasteiger charge is -2.09. The second-order valence-electron chi connectivity index (χ2n) is 6.06. The van der Waals surface area contributed by atoms with Crippen molar-refractivity contribution in [2.45, 2.75) is 13.0 Å². The lowest BCUT2D eigenvalue weighted by molar-refractivity contribution is 0.0987. The molecule has 0 fully saturated rings. The highest BCUT2D eigenvalue weighted by Gasteiger charge is 2.11. The van der Waals surface area contributed by atoms with Gasteiger partial charge in [-0.15, -0.1) is 11.6 Å². The van der Waals surface area contributed by atoms with Gasteiger partial charge in [0.05, 0.1) is 36.2 Å². The first-order chi connectivity index (χ1) is 14.7. The largest absolute Gasteiger partial charge is 0.463 e. The Morgan fingerprint density at radius 3 is 2.80 bits per heavy atom. The van der Waals surface area contributed by atoms with Crippen LogP contribution in [0.15, 0.2) is 49.1 Å². The molecule has 0 aromatic carbocycles. The van der Waals surface area contributed by atoms with Gasteiger partial charge in [-0.05, 0) is 29.8 Å². The molecule has 3 N–H and O–H groups in total. The number of ether oxygens (including phenoxy) is 1. The molecule has 0 aliphatic heterocycles. The molecule has 9 heteroatoms. The van der Waals surface area contributed by atoms with E-state index in [9.17, 15) is 4.79 Å². The molecule has 0 atom stereocenters. The third-order valence-corrected chi connectivity index (χ3v) is 4.08. The van der Waals surface area contributed by atoms with Gasteiger partial charge in [-0.3, -0.25) is 9.78 Å². The Balaban J connectivity index is 1.57. The van der Waals surface area contributed by atoms with E-state index in [1.807, 2.05) is 12.1 Å². The molecule has 3 aromatic heterocycles. The van der Waals surface area contributed by atoms with Crippen molar-refractivity contribution in [1.82, 2.24) is 19.9 Å². The second kappa shape index (κ2) is 10.7. The number of Topliss-reactive ketones (excluding diaryl/α,β-unsaturated/α-hetero) is 1. The van der Waals surface area contributed by atoms with Crippen molar-refractivity contribution in [3.05, 3.63) is 66.0 Å². The topological polar surface area (TPSA) is 116 Å². The van der Waals surface area contributed by atoms with Crippen molar-refractivity contribution < 1.29 is 9.53 Å². The van der Waals surface area contributed by atoms with Gasteiger partial charge in [0.15, 0.2) is 12.4 Å². The van der Waals surface area contributed by atoms with Crippen LogP contribution < -0.4 is 15.8 Å². The first kappa shape index (κ1) is 21.0. The summed E-state index contributed by atoms with van der Waals surface area (Å²) in [7, 11) is 0. The molecule has 0 aliphatic carbocycles. The Labute approximate surface area is 178 Å². The zero-order valence-electron chi connectivity index (χ0n) is 16.0. The molecular weight excluding hydrogens is 404 g/mol. The van der Waals surface area contributed by atoms with Crippen LogP contribution in [-0.4, -0.2) is 38.2 Å². The third kappa shape index (κ3) is 6.15. The quantitative estimate of drug-likeness (QED) is 0.323. The van der Waals surface area contributed by atoms with E-state index in [1.165, 1.54) is 12.4 Å². The van der Waals surface area contributed by atoms with E-state index in [-0.39, 0.29) is 30.4 Å². The van der Waals surface area contributed by atoms with Crippen molar-refractivity contribution >= 4 is 28.9 Å². The number of halogens is 1. The van der Waals surface area contributed by atoms with Gasteiger partial charge < -0.3 is 15.8 Å². The fraction of sp³-hybridized carbons (Fsp3) is 0.190. The Hall–Kier alpha value is -3.70. The van der Waals surface area contributed by atoms with Crippen LogP contribution in [0.3, 0.4) is 0 Å². The number of carbonyl (C=O) groups is 1. The molecule has 0 radical (unpaired) electrons. The summed E-state index contributed by atoms with van der Waals surface area (Å²) >= 11 is 5.46. The fourth-order valence-corrected chi connectivity index (χ4v) is 2.60. The normalized spacial score (nSPS) is 10.0. The Bertz CT molecular complexity index is 1060. The van der Waals surface area contributed by atoms with Crippen LogP contribution in [0, 0.1) is 11.8 Å². The molecule has 0 saturated carbocycles. The number of aromatic nitrogens is 4. The SMILES string of the molecule is Nc1ncccc1NCc1cc(CC(=O)c2cnc(OCC#CCCl)cn2)ccn1. The standard InChI is InChI=1S/C21H19ClN6O2/c22-6-1-2-9-30-20-14-27-18(13-28-20)19(29)11-15-5-8-24-16(10-15)12-26-17-4-3-7-25-21(17)23/h3-5,7-8,10,13-14,26H,6,9,11-12H2,(H2,23,25). The summed E-state index contributed by atoms with van der Waals surface area (Å²) in [6.45, 7) is 0.615. The molecular formula is C21H19ClN6O2. The average molecular weight is 423 g/mol. The zero-order chi connectivity index (χ0) is 21.2. The van der Waals surface area contributed by atoms with Gasteiger partial charge in [0.25, 0.3) is 0 Å².